The van der Waals surface area contributed by atoms with Crippen molar-refractivity contribution in [2.24, 2.45) is 0 Å². The van der Waals surface area contributed by atoms with Crippen molar-refractivity contribution in [3.05, 3.63) is 39.4 Å². The number of nitrogens with one attached hydrogen (secondary N) is 1. The van der Waals surface area contributed by atoms with Gasteiger partial charge in [-0.05, 0) is 31.5 Å². The van der Waals surface area contributed by atoms with E-state index in [1.807, 2.05) is 6.92 Å². The summed E-state index contributed by atoms with van der Waals surface area (Å²) in [4.78, 5) is 24.6. The first-order valence-electron chi connectivity index (χ1n) is 6.34. The summed E-state index contributed by atoms with van der Waals surface area (Å²) in [5.41, 5.74) is 0.918. The van der Waals surface area contributed by atoms with Crippen LogP contribution < -0.4 is 5.32 Å². The van der Waals surface area contributed by atoms with Gasteiger partial charge in [-0.2, -0.15) is 0 Å². The van der Waals surface area contributed by atoms with E-state index >= 15 is 0 Å². The molecule has 0 atom stereocenters. The summed E-state index contributed by atoms with van der Waals surface area (Å²) in [5.74, 6) is -0.251. The monoisotopic (exact) mass is 299 g/mol. The first-order chi connectivity index (χ1) is 9.09. The Balaban J connectivity index is 0.00000200. The van der Waals surface area contributed by atoms with E-state index in [1.54, 1.807) is 17.0 Å². The normalized spacial score (nSPS) is 15.2. The molecule has 0 aliphatic carbocycles. The predicted octanol–water partition coefficient (Wildman–Crippen LogP) is 1.76. The molecule has 1 heterocycles. The molecule has 0 bridgehead atoms. The second-order valence-corrected chi connectivity index (χ2v) is 4.67. The Morgan fingerprint density at radius 2 is 2.10 bits per heavy atom. The van der Waals surface area contributed by atoms with Crippen LogP contribution in [-0.4, -0.2) is 41.9 Å². The minimum atomic E-state index is -0.497. The number of nitrogens with zero attached hydrogens (tertiary/aromatic N) is 2. The number of benzene rings is 1. The minimum Gasteiger partial charge on any atom is -0.337 e. The van der Waals surface area contributed by atoms with Crippen LogP contribution in [0.4, 0.5) is 5.69 Å². The number of halogens is 1. The lowest BCUT2D eigenvalue weighted by molar-refractivity contribution is -0.385. The van der Waals surface area contributed by atoms with Crippen molar-refractivity contribution < 1.29 is 9.72 Å². The van der Waals surface area contributed by atoms with Crippen molar-refractivity contribution in [2.75, 3.05) is 26.2 Å². The van der Waals surface area contributed by atoms with E-state index in [0.717, 1.165) is 25.1 Å². The molecule has 0 spiro atoms. The molecule has 1 aliphatic rings. The topological polar surface area (TPSA) is 75.5 Å². The molecular weight excluding hydrogens is 282 g/mol. The summed E-state index contributed by atoms with van der Waals surface area (Å²) in [6.07, 6.45) is 0.866. The Morgan fingerprint density at radius 3 is 2.80 bits per heavy atom. The zero-order chi connectivity index (χ0) is 13.8. The fraction of sp³-hybridized carbons (Fsp3) is 0.462. The molecule has 0 unspecified atom stereocenters. The molecular formula is C13H18ClN3O3. The highest BCUT2D eigenvalue weighted by Crippen LogP contribution is 2.21. The van der Waals surface area contributed by atoms with E-state index in [-0.39, 0.29) is 29.6 Å². The van der Waals surface area contributed by atoms with Gasteiger partial charge in [-0.3, -0.25) is 14.9 Å². The third kappa shape index (κ3) is 3.68. The van der Waals surface area contributed by atoms with Crippen LogP contribution in [0.25, 0.3) is 0 Å². The van der Waals surface area contributed by atoms with Gasteiger partial charge >= 0.3 is 0 Å². The summed E-state index contributed by atoms with van der Waals surface area (Å²) in [5, 5.41) is 14.2. The van der Waals surface area contributed by atoms with Crippen molar-refractivity contribution in [3.8, 4) is 0 Å². The van der Waals surface area contributed by atoms with E-state index < -0.39 is 4.92 Å². The van der Waals surface area contributed by atoms with Gasteiger partial charge in [-0.1, -0.05) is 6.07 Å². The average molecular weight is 300 g/mol. The van der Waals surface area contributed by atoms with Crippen molar-refractivity contribution in [2.45, 2.75) is 13.3 Å². The Labute approximate surface area is 123 Å². The van der Waals surface area contributed by atoms with Crippen molar-refractivity contribution in [1.29, 1.82) is 0 Å². The van der Waals surface area contributed by atoms with E-state index in [4.69, 9.17) is 0 Å². The Bertz CT molecular complexity index is 500. The summed E-state index contributed by atoms with van der Waals surface area (Å²) >= 11 is 0. The molecule has 1 aromatic carbocycles. The van der Waals surface area contributed by atoms with Gasteiger partial charge in [-0.25, -0.2) is 0 Å². The predicted molar refractivity (Wildman–Crippen MR) is 78.5 cm³/mol. The van der Waals surface area contributed by atoms with Gasteiger partial charge in [0.05, 0.1) is 4.92 Å². The highest BCUT2D eigenvalue weighted by atomic mass is 35.5. The number of hydrogen-bond donors (Lipinski definition) is 1. The van der Waals surface area contributed by atoms with Crippen molar-refractivity contribution in [1.82, 2.24) is 10.2 Å². The first kappa shape index (κ1) is 16.4. The number of nitro benzene ring substituents is 1. The number of carbonyl (C=O) groups is 1. The third-order valence-corrected chi connectivity index (χ3v) is 3.21. The standard InChI is InChI=1S/C13H17N3O3.ClH/c1-10-3-4-12(16(18)19)11(9-10)13(17)15-7-2-5-14-6-8-15;/h3-4,9,14H,2,5-8H2,1H3;1H. The van der Waals surface area contributed by atoms with E-state index in [0.29, 0.717) is 13.1 Å². The average Bonchev–Trinajstić information content (AvgIpc) is 2.66. The highest BCUT2D eigenvalue weighted by Gasteiger charge is 2.25. The lowest BCUT2D eigenvalue weighted by Gasteiger charge is -2.20. The molecule has 6 nitrogen and oxygen atoms in total. The van der Waals surface area contributed by atoms with Crippen molar-refractivity contribution >= 4 is 24.0 Å². The fourth-order valence-electron chi connectivity index (χ4n) is 2.20. The van der Waals surface area contributed by atoms with Gasteiger partial charge in [0.25, 0.3) is 11.6 Å². The summed E-state index contributed by atoms with van der Waals surface area (Å²) < 4.78 is 0. The molecule has 2 rings (SSSR count). The van der Waals surface area contributed by atoms with Crippen LogP contribution in [0.1, 0.15) is 22.3 Å². The molecule has 20 heavy (non-hydrogen) atoms. The highest BCUT2D eigenvalue weighted by molar-refractivity contribution is 5.98. The summed E-state index contributed by atoms with van der Waals surface area (Å²) in [7, 11) is 0. The van der Waals surface area contributed by atoms with Crippen LogP contribution in [0.5, 0.6) is 0 Å². The number of carbonyl (C=O) groups excluding carboxylic acids is 1. The van der Waals surface area contributed by atoms with Crippen molar-refractivity contribution in [3.63, 3.8) is 0 Å². The maximum atomic E-state index is 12.4. The summed E-state index contributed by atoms with van der Waals surface area (Å²) in [6.45, 7) is 4.65. The van der Waals surface area contributed by atoms with Gasteiger partial charge in [0.2, 0.25) is 0 Å². The van der Waals surface area contributed by atoms with E-state index in [2.05, 4.69) is 5.32 Å². The third-order valence-electron chi connectivity index (χ3n) is 3.21. The second kappa shape index (κ2) is 7.21. The van der Waals surface area contributed by atoms with Crippen LogP contribution in [0.3, 0.4) is 0 Å². The summed E-state index contributed by atoms with van der Waals surface area (Å²) in [6, 6.07) is 4.65. The quantitative estimate of drug-likeness (QED) is 0.667. The number of amides is 1. The molecule has 0 radical (unpaired) electrons. The molecule has 110 valence electrons. The van der Waals surface area contributed by atoms with E-state index in [1.165, 1.54) is 6.07 Å². The van der Waals surface area contributed by atoms with Gasteiger partial charge in [0, 0.05) is 25.7 Å². The van der Waals surface area contributed by atoms with Gasteiger partial charge < -0.3 is 10.2 Å². The van der Waals surface area contributed by atoms with Gasteiger partial charge in [0.15, 0.2) is 0 Å². The Hall–Kier alpha value is -1.66. The molecule has 1 N–H and O–H groups in total. The Morgan fingerprint density at radius 1 is 1.35 bits per heavy atom. The number of rotatable bonds is 2. The fourth-order valence-corrected chi connectivity index (χ4v) is 2.20. The minimum absolute atomic E-state index is 0. The maximum absolute atomic E-state index is 12.4. The molecule has 0 saturated carbocycles. The smallest absolute Gasteiger partial charge is 0.282 e. The first-order valence-corrected chi connectivity index (χ1v) is 6.34. The maximum Gasteiger partial charge on any atom is 0.282 e. The van der Waals surface area contributed by atoms with Crippen LogP contribution in [0.2, 0.25) is 0 Å². The SMILES string of the molecule is Cc1ccc([N+](=O)[O-])c(C(=O)N2CCCNCC2)c1.Cl. The lowest BCUT2D eigenvalue weighted by Crippen LogP contribution is -2.34. The lowest BCUT2D eigenvalue weighted by atomic mass is 10.1. The largest absolute Gasteiger partial charge is 0.337 e. The molecule has 1 aliphatic heterocycles. The van der Waals surface area contributed by atoms with Crippen LogP contribution >= 0.6 is 12.4 Å². The number of nitro groups is 1. The molecule has 7 heteroatoms. The molecule has 0 aromatic heterocycles. The molecule has 1 aromatic rings. The Kier molecular flexibility index (Phi) is 5.91. The van der Waals surface area contributed by atoms with Crippen LogP contribution in [0.15, 0.2) is 18.2 Å². The molecule has 1 fully saturated rings. The molecule has 1 saturated heterocycles. The van der Waals surface area contributed by atoms with Gasteiger partial charge in [0.1, 0.15) is 5.56 Å². The van der Waals surface area contributed by atoms with Crippen LogP contribution in [-0.2, 0) is 0 Å². The molecule has 1 amide bonds. The van der Waals surface area contributed by atoms with Gasteiger partial charge in [-0.15, -0.1) is 12.4 Å². The van der Waals surface area contributed by atoms with E-state index in [9.17, 15) is 14.9 Å². The number of hydrogen-bond acceptors (Lipinski definition) is 4. The zero-order valence-electron chi connectivity index (χ0n) is 11.3. The number of aryl methyl sites for hydroxylation is 1. The van der Waals surface area contributed by atoms with Crippen LogP contribution in [0, 0.1) is 17.0 Å². The second-order valence-electron chi connectivity index (χ2n) is 4.67. The zero-order valence-corrected chi connectivity index (χ0v) is 12.1.